The van der Waals surface area contributed by atoms with Gasteiger partial charge in [-0.3, -0.25) is 19.2 Å². The maximum atomic E-state index is 13.0. The van der Waals surface area contributed by atoms with Crippen LogP contribution in [0.2, 0.25) is 0 Å². The van der Waals surface area contributed by atoms with Gasteiger partial charge in [-0.25, -0.2) is 0 Å². The standard InChI is InChI=1S/2C23H24O5/c2*1-26-20-15-23(21(24)27-2,22(25)28-3)19(17-12-8-5-9-13-17)14-18(20)16-10-6-4-7-11-16/h2*4-14,19-20H,15H2,1-3H3/t2*19-,20-/m10/s1. The molecule has 292 valence electrons. The Kier molecular flexibility index (Phi) is 13.8. The average molecular weight is 761 g/mol. The third-order valence-electron chi connectivity index (χ3n) is 10.8. The van der Waals surface area contributed by atoms with Crippen molar-refractivity contribution in [2.45, 2.75) is 36.9 Å². The molecule has 0 bridgehead atoms. The molecule has 0 saturated heterocycles. The molecule has 0 fully saturated rings. The minimum Gasteiger partial charge on any atom is -0.468 e. The van der Waals surface area contributed by atoms with Crippen LogP contribution in [0.15, 0.2) is 133 Å². The molecule has 4 aromatic carbocycles. The molecule has 0 unspecified atom stereocenters. The number of carbonyl (C=O) groups excluding carboxylic acids is 4. The Hall–Kier alpha value is -5.84. The topological polar surface area (TPSA) is 124 Å². The Labute approximate surface area is 328 Å². The van der Waals surface area contributed by atoms with Gasteiger partial charge in [0.1, 0.15) is 0 Å². The third-order valence-corrected chi connectivity index (χ3v) is 10.8. The summed E-state index contributed by atoms with van der Waals surface area (Å²) in [5.74, 6) is -3.60. The van der Waals surface area contributed by atoms with E-state index in [1.807, 2.05) is 133 Å². The Morgan fingerprint density at radius 2 is 0.696 bits per heavy atom. The van der Waals surface area contributed by atoms with Crippen molar-refractivity contribution in [3.63, 3.8) is 0 Å². The van der Waals surface area contributed by atoms with E-state index >= 15 is 0 Å². The number of ether oxygens (including phenoxy) is 6. The summed E-state index contributed by atoms with van der Waals surface area (Å²) in [4.78, 5) is 51.9. The fourth-order valence-electron chi connectivity index (χ4n) is 7.98. The number of rotatable bonds is 10. The number of methoxy groups -OCH3 is 6. The lowest BCUT2D eigenvalue weighted by Crippen LogP contribution is -2.50. The lowest BCUT2D eigenvalue weighted by molar-refractivity contribution is -0.174. The second-order valence-corrected chi connectivity index (χ2v) is 13.5. The van der Waals surface area contributed by atoms with Crippen molar-refractivity contribution in [1.82, 2.24) is 0 Å². The van der Waals surface area contributed by atoms with Crippen LogP contribution in [-0.4, -0.2) is 78.7 Å². The fourth-order valence-corrected chi connectivity index (χ4v) is 7.98. The van der Waals surface area contributed by atoms with E-state index in [-0.39, 0.29) is 12.8 Å². The van der Waals surface area contributed by atoms with Gasteiger partial charge in [0.15, 0.2) is 10.8 Å². The minimum atomic E-state index is -1.52. The molecular weight excluding hydrogens is 712 g/mol. The first-order valence-electron chi connectivity index (χ1n) is 18.2. The van der Waals surface area contributed by atoms with Crippen molar-refractivity contribution >= 4 is 35.0 Å². The number of benzene rings is 4. The van der Waals surface area contributed by atoms with Crippen LogP contribution >= 0.6 is 0 Å². The second kappa shape index (κ2) is 18.7. The highest BCUT2D eigenvalue weighted by molar-refractivity contribution is 6.04. The molecule has 0 amide bonds. The predicted octanol–water partition coefficient (Wildman–Crippen LogP) is 7.21. The molecule has 2 aliphatic rings. The zero-order chi connectivity index (χ0) is 40.3. The van der Waals surface area contributed by atoms with Gasteiger partial charge in [0, 0.05) is 38.9 Å². The number of hydrogen-bond donors (Lipinski definition) is 0. The molecular formula is C46H48O10. The molecule has 56 heavy (non-hydrogen) atoms. The molecule has 0 radical (unpaired) electrons. The van der Waals surface area contributed by atoms with Crippen LogP contribution in [0.1, 0.15) is 46.9 Å². The summed E-state index contributed by atoms with van der Waals surface area (Å²) in [5.41, 5.74) is 2.45. The van der Waals surface area contributed by atoms with Crippen molar-refractivity contribution in [2.75, 3.05) is 42.7 Å². The smallest absolute Gasteiger partial charge is 0.324 e. The molecule has 0 N–H and O–H groups in total. The molecule has 4 aromatic rings. The molecule has 0 saturated carbocycles. The summed E-state index contributed by atoms with van der Waals surface area (Å²) >= 11 is 0. The summed E-state index contributed by atoms with van der Waals surface area (Å²) in [6, 6.07) is 38.5. The second-order valence-electron chi connectivity index (χ2n) is 13.5. The van der Waals surface area contributed by atoms with Crippen molar-refractivity contribution < 1.29 is 47.6 Å². The highest BCUT2D eigenvalue weighted by Crippen LogP contribution is 2.52. The largest absolute Gasteiger partial charge is 0.468 e. The normalized spacial score (nSPS) is 20.8. The van der Waals surface area contributed by atoms with E-state index in [2.05, 4.69) is 0 Å². The maximum Gasteiger partial charge on any atom is 0.324 e. The molecule has 0 aromatic heterocycles. The van der Waals surface area contributed by atoms with E-state index in [9.17, 15) is 19.2 Å². The van der Waals surface area contributed by atoms with Gasteiger partial charge in [-0.2, -0.15) is 0 Å². The van der Waals surface area contributed by atoms with Crippen LogP contribution in [-0.2, 0) is 47.6 Å². The SMILES string of the molecule is COC(=O)C1(C(=O)OC)C[C@@H](OC)C(c2ccccc2)=C[C@@H]1c1ccccc1.COC(=O)C1(C(=O)OC)C[C@H](OC)C(c2ccccc2)=C[C@H]1c1ccccc1. The number of allylic oxidation sites excluding steroid dienone is 2. The van der Waals surface area contributed by atoms with Gasteiger partial charge in [-0.1, -0.05) is 133 Å². The van der Waals surface area contributed by atoms with Gasteiger partial charge in [0.2, 0.25) is 0 Å². The maximum absolute atomic E-state index is 13.0. The van der Waals surface area contributed by atoms with Crippen LogP contribution in [0.4, 0.5) is 0 Å². The molecule has 6 rings (SSSR count). The molecule has 10 heteroatoms. The summed E-state index contributed by atoms with van der Waals surface area (Å²) in [6.07, 6.45) is 3.22. The van der Waals surface area contributed by atoms with E-state index in [0.717, 1.165) is 33.4 Å². The predicted molar refractivity (Wildman–Crippen MR) is 211 cm³/mol. The van der Waals surface area contributed by atoms with Gasteiger partial charge in [0.25, 0.3) is 0 Å². The first kappa shape index (κ1) is 41.3. The van der Waals surface area contributed by atoms with E-state index in [1.165, 1.54) is 28.4 Å². The summed E-state index contributed by atoms with van der Waals surface area (Å²) in [6.45, 7) is 0. The van der Waals surface area contributed by atoms with Crippen LogP contribution in [0, 0.1) is 10.8 Å². The molecule has 10 nitrogen and oxygen atoms in total. The third kappa shape index (κ3) is 7.94. The van der Waals surface area contributed by atoms with Crippen LogP contribution < -0.4 is 0 Å². The number of esters is 4. The molecule has 0 spiro atoms. The highest BCUT2D eigenvalue weighted by Gasteiger charge is 2.59. The summed E-state index contributed by atoms with van der Waals surface area (Å²) in [5, 5.41) is 0. The van der Waals surface area contributed by atoms with Crippen molar-refractivity contribution in [3.05, 3.63) is 156 Å². The molecule has 0 aliphatic heterocycles. The van der Waals surface area contributed by atoms with Gasteiger partial charge < -0.3 is 28.4 Å². The Balaban J connectivity index is 0.000000214. The van der Waals surface area contributed by atoms with Crippen molar-refractivity contribution in [2.24, 2.45) is 10.8 Å². The first-order valence-corrected chi connectivity index (χ1v) is 18.2. The first-order chi connectivity index (χ1) is 27.2. The van der Waals surface area contributed by atoms with Crippen LogP contribution in [0.25, 0.3) is 11.1 Å². The number of carbonyl (C=O) groups is 4. The highest BCUT2D eigenvalue weighted by atomic mass is 16.6. The Morgan fingerprint density at radius 3 is 0.946 bits per heavy atom. The lowest BCUT2D eigenvalue weighted by atomic mass is 9.63. The van der Waals surface area contributed by atoms with E-state index < -0.39 is 58.8 Å². The Bertz CT molecular complexity index is 1830. The minimum absolute atomic E-state index is 0.128. The van der Waals surface area contributed by atoms with Gasteiger partial charge in [-0.05, 0) is 33.4 Å². The monoisotopic (exact) mass is 760 g/mol. The molecule has 0 heterocycles. The zero-order valence-corrected chi connectivity index (χ0v) is 32.5. The van der Waals surface area contributed by atoms with E-state index in [0.29, 0.717) is 0 Å². The quantitative estimate of drug-likeness (QED) is 0.0931. The van der Waals surface area contributed by atoms with E-state index in [1.54, 1.807) is 14.2 Å². The summed E-state index contributed by atoms with van der Waals surface area (Å²) < 4.78 is 31.7. The van der Waals surface area contributed by atoms with Crippen molar-refractivity contribution in [3.8, 4) is 0 Å². The summed E-state index contributed by atoms with van der Waals surface area (Å²) in [7, 11) is 8.29. The average Bonchev–Trinajstić information content (AvgIpc) is 3.28. The van der Waals surface area contributed by atoms with Crippen molar-refractivity contribution in [1.29, 1.82) is 0 Å². The van der Waals surface area contributed by atoms with Crippen LogP contribution in [0.5, 0.6) is 0 Å². The van der Waals surface area contributed by atoms with Crippen LogP contribution in [0.3, 0.4) is 0 Å². The Morgan fingerprint density at radius 1 is 0.429 bits per heavy atom. The fraction of sp³-hybridized carbons (Fsp3) is 0.304. The lowest BCUT2D eigenvalue weighted by Gasteiger charge is -2.41. The molecule has 4 atom stereocenters. The number of hydrogen-bond acceptors (Lipinski definition) is 10. The van der Waals surface area contributed by atoms with E-state index in [4.69, 9.17) is 28.4 Å². The molecule has 2 aliphatic carbocycles. The van der Waals surface area contributed by atoms with Gasteiger partial charge in [0.05, 0.1) is 40.6 Å². The van der Waals surface area contributed by atoms with Gasteiger partial charge in [-0.15, -0.1) is 0 Å². The zero-order valence-electron chi connectivity index (χ0n) is 32.5. The van der Waals surface area contributed by atoms with Gasteiger partial charge >= 0.3 is 23.9 Å².